The summed E-state index contributed by atoms with van der Waals surface area (Å²) < 4.78 is 19.4. The number of carboxylic acid groups (broad SMARTS) is 1. The molecule has 5 rings (SSSR count). The summed E-state index contributed by atoms with van der Waals surface area (Å²) in [6.45, 7) is 0.0912. The lowest BCUT2D eigenvalue weighted by Crippen LogP contribution is -2.55. The molecule has 1 unspecified atom stereocenters. The Morgan fingerprint density at radius 1 is 0.895 bits per heavy atom. The van der Waals surface area contributed by atoms with Crippen LogP contribution in [0.5, 0.6) is 5.75 Å². The Kier molecular flexibility index (Phi) is 7.16. The van der Waals surface area contributed by atoms with Crippen molar-refractivity contribution in [1.29, 1.82) is 0 Å². The highest BCUT2D eigenvalue weighted by molar-refractivity contribution is 6.30. The van der Waals surface area contributed by atoms with Gasteiger partial charge in [-0.2, -0.15) is 0 Å². The van der Waals surface area contributed by atoms with Crippen LogP contribution in [-0.2, 0) is 35.5 Å². The maximum absolute atomic E-state index is 13.8. The number of nitrogens with one attached hydrogen (secondary N) is 1. The predicted molar refractivity (Wildman–Crippen MR) is 144 cm³/mol. The third kappa shape index (κ3) is 5.55. The third-order valence-electron chi connectivity index (χ3n) is 6.80. The zero-order chi connectivity index (χ0) is 26.7. The predicted octanol–water partition coefficient (Wildman–Crippen LogP) is 6.01. The molecule has 1 aliphatic carbocycles. The molecule has 1 atom stereocenters. The van der Waals surface area contributed by atoms with Crippen molar-refractivity contribution in [2.24, 2.45) is 0 Å². The zero-order valence-corrected chi connectivity index (χ0v) is 21.2. The largest absolute Gasteiger partial charge is 0.489 e. The van der Waals surface area contributed by atoms with Crippen LogP contribution >= 0.6 is 11.6 Å². The number of carbonyl (C=O) groups is 2. The van der Waals surface area contributed by atoms with Gasteiger partial charge in [-0.05, 0) is 58.1 Å². The van der Waals surface area contributed by atoms with Gasteiger partial charge in [0.15, 0.2) is 0 Å². The number of halogens is 2. The fraction of sp³-hybridized carbons (Fsp3) is 0.161. The van der Waals surface area contributed by atoms with Crippen molar-refractivity contribution >= 4 is 23.5 Å². The molecule has 1 amide bonds. The van der Waals surface area contributed by atoms with Crippen molar-refractivity contribution in [2.45, 2.75) is 31.4 Å². The molecule has 192 valence electrons. The number of rotatable bonds is 8. The van der Waals surface area contributed by atoms with Crippen LogP contribution in [0.1, 0.15) is 22.3 Å². The molecule has 7 heteroatoms. The van der Waals surface area contributed by atoms with Crippen molar-refractivity contribution in [3.8, 4) is 16.9 Å². The fourth-order valence-corrected chi connectivity index (χ4v) is 4.89. The van der Waals surface area contributed by atoms with Gasteiger partial charge in [0, 0.05) is 23.4 Å². The number of benzene rings is 4. The summed E-state index contributed by atoms with van der Waals surface area (Å²) in [5, 5.41) is 13.5. The van der Waals surface area contributed by atoms with E-state index in [1.165, 1.54) is 6.07 Å². The molecule has 0 fully saturated rings. The topological polar surface area (TPSA) is 75.6 Å². The molecule has 38 heavy (non-hydrogen) atoms. The molecule has 2 N–H and O–H groups in total. The van der Waals surface area contributed by atoms with Gasteiger partial charge in [-0.25, -0.2) is 9.18 Å². The average molecular weight is 530 g/mol. The first-order valence-electron chi connectivity index (χ1n) is 12.2. The van der Waals surface area contributed by atoms with E-state index in [4.69, 9.17) is 16.3 Å². The van der Waals surface area contributed by atoms with E-state index in [0.29, 0.717) is 21.9 Å². The highest BCUT2D eigenvalue weighted by atomic mass is 35.5. The molecule has 4 aromatic rings. The normalized spacial score (nSPS) is 16.1. The molecule has 5 nitrogen and oxygen atoms in total. The molecule has 0 bridgehead atoms. The van der Waals surface area contributed by atoms with Gasteiger partial charge in [0.1, 0.15) is 23.7 Å². The van der Waals surface area contributed by atoms with Crippen molar-refractivity contribution in [3.63, 3.8) is 0 Å². The number of ether oxygens (including phenoxy) is 1. The summed E-state index contributed by atoms with van der Waals surface area (Å²) in [4.78, 5) is 25.3. The summed E-state index contributed by atoms with van der Waals surface area (Å²) in [5.74, 6) is -1.23. The van der Waals surface area contributed by atoms with Crippen LogP contribution < -0.4 is 10.1 Å². The van der Waals surface area contributed by atoms with E-state index in [9.17, 15) is 19.1 Å². The van der Waals surface area contributed by atoms with Crippen LogP contribution in [0.15, 0.2) is 91.0 Å². The molecule has 1 aliphatic rings. The molecule has 0 saturated heterocycles. The molecule has 4 aromatic carbocycles. The van der Waals surface area contributed by atoms with Gasteiger partial charge < -0.3 is 15.2 Å². The van der Waals surface area contributed by atoms with E-state index in [0.717, 1.165) is 22.3 Å². The van der Waals surface area contributed by atoms with E-state index in [2.05, 4.69) is 5.32 Å². The van der Waals surface area contributed by atoms with Gasteiger partial charge in [-0.1, -0.05) is 72.3 Å². The lowest BCUT2D eigenvalue weighted by molar-refractivity contribution is -0.147. The Balaban J connectivity index is 1.23. The molecule has 0 heterocycles. The molecule has 0 aliphatic heterocycles. The smallest absolute Gasteiger partial charge is 0.330 e. The van der Waals surface area contributed by atoms with Crippen molar-refractivity contribution in [3.05, 3.63) is 124 Å². The first-order chi connectivity index (χ1) is 18.3. The number of hydrogen-bond donors (Lipinski definition) is 2. The van der Waals surface area contributed by atoms with Gasteiger partial charge in [0.25, 0.3) is 0 Å². The van der Waals surface area contributed by atoms with Gasteiger partial charge in [-0.15, -0.1) is 0 Å². The number of aliphatic carboxylic acids is 1. The van der Waals surface area contributed by atoms with Crippen LogP contribution in [0, 0.1) is 5.82 Å². The molecule has 0 radical (unpaired) electrons. The molecule has 0 aromatic heterocycles. The number of fused-ring (bicyclic) bond motifs is 1. The standard InChI is InChI=1S/C31H25ClFNO4/c32-26-11-9-21(10-12-26)22-7-8-23-17-31(30(36)37,18-25(23)16-22)34-29(35)15-20-5-13-27(14-6-20)38-19-24-3-1-2-4-28(24)33/h1-14,16H,15,17-19H2,(H,34,35)(H,36,37). The fourth-order valence-electron chi connectivity index (χ4n) is 4.77. The van der Waals surface area contributed by atoms with Gasteiger partial charge >= 0.3 is 5.97 Å². The first kappa shape index (κ1) is 25.5. The Bertz CT molecular complexity index is 1490. The summed E-state index contributed by atoms with van der Waals surface area (Å²) in [6.07, 6.45) is 0.440. The Morgan fingerprint density at radius 3 is 2.29 bits per heavy atom. The molecule has 0 saturated carbocycles. The summed E-state index contributed by atoms with van der Waals surface area (Å²) >= 11 is 6.00. The number of carbonyl (C=O) groups excluding carboxylic acids is 1. The minimum Gasteiger partial charge on any atom is -0.489 e. The second kappa shape index (κ2) is 10.7. The molecule has 0 spiro atoms. The zero-order valence-electron chi connectivity index (χ0n) is 20.4. The molecular formula is C31H25ClFNO4. The van der Waals surface area contributed by atoms with Crippen LogP contribution in [0.2, 0.25) is 5.02 Å². The summed E-state index contributed by atoms with van der Waals surface area (Å²) in [6, 6.07) is 26.6. The lowest BCUT2D eigenvalue weighted by atomic mass is 9.95. The SMILES string of the molecule is O=C(Cc1ccc(OCc2ccccc2F)cc1)NC1(C(=O)O)Cc2ccc(-c3ccc(Cl)cc3)cc2C1. The van der Waals surface area contributed by atoms with E-state index < -0.39 is 11.5 Å². The van der Waals surface area contributed by atoms with Crippen LogP contribution in [0.3, 0.4) is 0 Å². The second-order valence-corrected chi connectivity index (χ2v) is 9.92. The summed E-state index contributed by atoms with van der Waals surface area (Å²) in [5.41, 5.74) is 3.51. The van der Waals surface area contributed by atoms with Crippen LogP contribution in [0.4, 0.5) is 4.39 Å². The minimum atomic E-state index is -1.40. The van der Waals surface area contributed by atoms with Crippen molar-refractivity contribution < 1.29 is 23.8 Å². The van der Waals surface area contributed by atoms with Crippen LogP contribution in [-0.4, -0.2) is 22.5 Å². The third-order valence-corrected chi connectivity index (χ3v) is 7.05. The van der Waals surface area contributed by atoms with Gasteiger partial charge in [0.2, 0.25) is 5.91 Å². The highest BCUT2D eigenvalue weighted by Gasteiger charge is 2.45. The molecular weight excluding hydrogens is 505 g/mol. The second-order valence-electron chi connectivity index (χ2n) is 9.48. The average Bonchev–Trinajstić information content (AvgIpc) is 3.28. The Morgan fingerprint density at radius 2 is 1.58 bits per heavy atom. The van der Waals surface area contributed by atoms with Crippen molar-refractivity contribution in [1.82, 2.24) is 5.32 Å². The maximum atomic E-state index is 13.8. The first-order valence-corrected chi connectivity index (χ1v) is 12.6. The van der Waals surface area contributed by atoms with Gasteiger partial charge in [-0.3, -0.25) is 4.79 Å². The van der Waals surface area contributed by atoms with E-state index >= 15 is 0 Å². The summed E-state index contributed by atoms with van der Waals surface area (Å²) in [7, 11) is 0. The van der Waals surface area contributed by atoms with Gasteiger partial charge in [0.05, 0.1) is 6.42 Å². The monoisotopic (exact) mass is 529 g/mol. The number of carboxylic acids is 1. The van der Waals surface area contributed by atoms with E-state index in [1.807, 2.05) is 42.5 Å². The number of amides is 1. The Labute approximate surface area is 224 Å². The van der Waals surface area contributed by atoms with E-state index in [1.54, 1.807) is 42.5 Å². The minimum absolute atomic E-state index is 0.0228. The number of hydrogen-bond acceptors (Lipinski definition) is 3. The quantitative estimate of drug-likeness (QED) is 0.293. The lowest BCUT2D eigenvalue weighted by Gasteiger charge is -2.25. The van der Waals surface area contributed by atoms with Crippen molar-refractivity contribution in [2.75, 3.05) is 0 Å². The highest BCUT2D eigenvalue weighted by Crippen LogP contribution is 2.34. The Hall–Kier alpha value is -4.16. The van der Waals surface area contributed by atoms with E-state index in [-0.39, 0.29) is 37.6 Å². The maximum Gasteiger partial charge on any atom is 0.330 e. The van der Waals surface area contributed by atoms with Crippen LogP contribution in [0.25, 0.3) is 11.1 Å².